The van der Waals surface area contributed by atoms with E-state index in [-0.39, 0.29) is 25.0 Å². The number of para-hydroxylation sites is 1. The Hall–Kier alpha value is -2.68. The molecule has 2 amide bonds. The van der Waals surface area contributed by atoms with Crippen molar-refractivity contribution in [2.75, 3.05) is 31.2 Å². The van der Waals surface area contributed by atoms with Crippen LogP contribution in [0.15, 0.2) is 48.6 Å². The minimum absolute atomic E-state index is 0.122. The fraction of sp³-hybridized carbons (Fsp3) is 0.581. The van der Waals surface area contributed by atoms with Gasteiger partial charge >= 0.3 is 5.97 Å². The van der Waals surface area contributed by atoms with E-state index in [0.717, 1.165) is 32.1 Å². The van der Waals surface area contributed by atoms with Crippen molar-refractivity contribution in [1.82, 2.24) is 4.90 Å². The van der Waals surface area contributed by atoms with Crippen molar-refractivity contribution in [3.8, 4) is 0 Å². The number of rotatable bonds is 8. The largest absolute Gasteiger partial charge is 0.465 e. The molecule has 0 radical (unpaired) electrons. The lowest BCUT2D eigenvalue weighted by Gasteiger charge is -2.38. The fourth-order valence-electron chi connectivity index (χ4n) is 6.91. The molecule has 0 saturated carbocycles. The average Bonchev–Trinajstić information content (AvgIpc) is 3.30. The Balaban J connectivity index is 1.60. The molecule has 1 N–H and O–H groups in total. The average molecular weight is 571 g/mol. The number of carbonyl (C=O) groups is 3. The normalized spacial score (nSPS) is 32.8. The van der Waals surface area contributed by atoms with Gasteiger partial charge in [0.15, 0.2) is 0 Å². The molecule has 4 aliphatic heterocycles. The molecule has 0 bridgehead atoms. The van der Waals surface area contributed by atoms with Gasteiger partial charge in [0.05, 0.1) is 23.2 Å². The van der Waals surface area contributed by atoms with Gasteiger partial charge in [-0.2, -0.15) is 0 Å². The molecule has 0 aromatic heterocycles. The molecule has 1 unspecified atom stereocenters. The maximum Gasteiger partial charge on any atom is 0.313 e. The number of ether oxygens (including phenoxy) is 2. The molecular formula is C31H39ClN2O6. The number of anilines is 1. The lowest BCUT2D eigenvalue weighted by atomic mass is 9.73. The predicted molar refractivity (Wildman–Crippen MR) is 152 cm³/mol. The van der Waals surface area contributed by atoms with Crippen LogP contribution in [0.25, 0.3) is 0 Å². The van der Waals surface area contributed by atoms with E-state index < -0.39 is 35.0 Å². The third-order valence-corrected chi connectivity index (χ3v) is 9.15. The Labute approximate surface area is 240 Å². The number of cyclic esters (lactones) is 1. The number of aliphatic hydroxyl groups is 1. The van der Waals surface area contributed by atoms with Crippen LogP contribution in [0, 0.1) is 11.8 Å². The molecule has 4 aliphatic rings. The van der Waals surface area contributed by atoms with Gasteiger partial charge in [0, 0.05) is 19.7 Å². The molecule has 40 heavy (non-hydrogen) atoms. The molecule has 2 saturated heterocycles. The summed E-state index contributed by atoms with van der Waals surface area (Å²) in [5.74, 6) is -2.74. The Kier molecular flexibility index (Phi) is 8.69. The minimum atomic E-state index is -1.33. The van der Waals surface area contributed by atoms with Crippen molar-refractivity contribution < 1.29 is 29.0 Å². The fourth-order valence-corrected chi connectivity index (χ4v) is 7.15. The van der Waals surface area contributed by atoms with Crippen LogP contribution in [-0.2, 0) is 23.9 Å². The van der Waals surface area contributed by atoms with Gasteiger partial charge in [0.2, 0.25) is 5.91 Å². The number of aliphatic hydroxyl groups excluding tert-OH is 1. The van der Waals surface area contributed by atoms with Gasteiger partial charge in [0.1, 0.15) is 23.2 Å². The van der Waals surface area contributed by atoms with Gasteiger partial charge in [-0.25, -0.2) is 0 Å². The van der Waals surface area contributed by atoms with E-state index in [1.807, 2.05) is 43.4 Å². The number of benzene rings is 1. The number of nitrogens with zero attached hydrogens (tertiary/aromatic N) is 2. The second kappa shape index (κ2) is 12.0. The first kappa shape index (κ1) is 28.8. The maximum atomic E-state index is 14.5. The number of amides is 2. The number of esters is 1. The lowest BCUT2D eigenvalue weighted by Crippen LogP contribution is -2.56. The smallest absolute Gasteiger partial charge is 0.313 e. The van der Waals surface area contributed by atoms with Gasteiger partial charge in [0.25, 0.3) is 5.91 Å². The summed E-state index contributed by atoms with van der Waals surface area (Å²) in [5.41, 5.74) is -1.83. The van der Waals surface area contributed by atoms with E-state index in [9.17, 15) is 19.5 Å². The van der Waals surface area contributed by atoms with Crippen molar-refractivity contribution >= 4 is 35.1 Å². The van der Waals surface area contributed by atoms with E-state index in [4.69, 9.17) is 21.1 Å². The molecule has 0 aliphatic carbocycles. The second-order valence-electron chi connectivity index (χ2n) is 11.2. The number of fused-ring (bicyclic) bond motifs is 2. The summed E-state index contributed by atoms with van der Waals surface area (Å²) in [4.78, 5) is 45.9. The second-order valence-corrected chi connectivity index (χ2v) is 11.6. The summed E-state index contributed by atoms with van der Waals surface area (Å²) in [5, 5.41) is 9.61. The van der Waals surface area contributed by atoms with Crippen LogP contribution in [0.5, 0.6) is 0 Å². The zero-order valence-electron chi connectivity index (χ0n) is 23.1. The molecule has 8 nitrogen and oxygen atoms in total. The van der Waals surface area contributed by atoms with Crippen LogP contribution in [0.3, 0.4) is 0 Å². The molecule has 216 valence electrons. The molecule has 4 heterocycles. The monoisotopic (exact) mass is 570 g/mol. The van der Waals surface area contributed by atoms with Gasteiger partial charge in [-0.15, -0.1) is 0 Å². The van der Waals surface area contributed by atoms with Crippen LogP contribution in [0.4, 0.5) is 5.69 Å². The van der Waals surface area contributed by atoms with E-state index in [2.05, 4.69) is 0 Å². The first-order valence-corrected chi connectivity index (χ1v) is 15.0. The number of halogens is 1. The zero-order valence-corrected chi connectivity index (χ0v) is 23.9. The summed E-state index contributed by atoms with van der Waals surface area (Å²) in [6.07, 6.45) is 13.6. The van der Waals surface area contributed by atoms with Gasteiger partial charge in [-0.05, 0) is 50.7 Å². The summed E-state index contributed by atoms with van der Waals surface area (Å²) in [6.45, 7) is 2.98. The highest BCUT2D eigenvalue weighted by atomic mass is 35.5. The number of likely N-dealkylation sites (tertiary alicyclic amines) is 1. The van der Waals surface area contributed by atoms with Crippen molar-refractivity contribution in [2.45, 2.75) is 75.5 Å². The quantitative estimate of drug-likeness (QED) is 0.282. The Bertz CT molecular complexity index is 1190. The van der Waals surface area contributed by atoms with Crippen LogP contribution in [0.1, 0.15) is 58.3 Å². The molecule has 1 spiro atoms. The number of unbranched alkanes of at least 4 members (excludes halogenated alkanes) is 3. The summed E-state index contributed by atoms with van der Waals surface area (Å²) < 4.78 is 12.7. The van der Waals surface area contributed by atoms with Gasteiger partial charge in [-0.1, -0.05) is 67.8 Å². The van der Waals surface area contributed by atoms with Gasteiger partial charge in [-0.3, -0.25) is 14.4 Å². The molecule has 5 atom stereocenters. The number of hydrogen-bond donors (Lipinski definition) is 1. The first-order chi connectivity index (χ1) is 19.4. The number of hydrogen-bond acceptors (Lipinski definition) is 6. The third kappa shape index (κ3) is 4.88. The van der Waals surface area contributed by atoms with Crippen molar-refractivity contribution in [1.29, 1.82) is 0 Å². The first-order valence-electron chi connectivity index (χ1n) is 14.6. The number of allylic oxidation sites excluding steroid dienone is 1. The third-order valence-electron chi connectivity index (χ3n) is 8.83. The topological polar surface area (TPSA) is 96.4 Å². The molecular weight excluding hydrogens is 532 g/mol. The standard InChI is InChI=1S/C31H39ClN2O6/c1-2-30-16-9-3-6-12-21-39-29(38)25(30)24-27(36)34(18-10-4-5-11-20-35)26-28(37)33(19-13-17-31(24,26)40-30)23-15-8-7-14-22(23)32/h7-9,13-17,24-26,35H,2-6,10-12,18-21H2,1H3/b16-9-/t24-,25-,26?,30+,31-/m0/s1. The van der Waals surface area contributed by atoms with Crippen molar-refractivity contribution in [2.24, 2.45) is 11.8 Å². The van der Waals surface area contributed by atoms with Gasteiger partial charge < -0.3 is 24.4 Å². The Morgan fingerprint density at radius 3 is 2.58 bits per heavy atom. The Morgan fingerprint density at radius 1 is 1.00 bits per heavy atom. The molecule has 5 rings (SSSR count). The summed E-state index contributed by atoms with van der Waals surface area (Å²) in [7, 11) is 0. The minimum Gasteiger partial charge on any atom is -0.465 e. The van der Waals surface area contributed by atoms with Crippen molar-refractivity contribution in [3.63, 3.8) is 0 Å². The van der Waals surface area contributed by atoms with Crippen LogP contribution >= 0.6 is 11.6 Å². The van der Waals surface area contributed by atoms with Crippen LogP contribution in [0.2, 0.25) is 5.02 Å². The highest BCUT2D eigenvalue weighted by molar-refractivity contribution is 6.34. The lowest BCUT2D eigenvalue weighted by molar-refractivity contribution is -0.160. The molecule has 9 heteroatoms. The highest BCUT2D eigenvalue weighted by Crippen LogP contribution is 2.58. The zero-order chi connectivity index (χ0) is 28.3. The summed E-state index contributed by atoms with van der Waals surface area (Å²) in [6, 6.07) is 6.21. The van der Waals surface area contributed by atoms with E-state index >= 15 is 0 Å². The maximum absolute atomic E-state index is 14.5. The van der Waals surface area contributed by atoms with Crippen LogP contribution < -0.4 is 4.90 Å². The molecule has 1 aromatic rings. The molecule has 2 fully saturated rings. The van der Waals surface area contributed by atoms with Crippen LogP contribution in [-0.4, -0.2) is 71.3 Å². The predicted octanol–water partition coefficient (Wildman–Crippen LogP) is 4.44. The van der Waals surface area contributed by atoms with Crippen molar-refractivity contribution in [3.05, 3.63) is 53.6 Å². The highest BCUT2D eigenvalue weighted by Gasteiger charge is 2.75. The number of carbonyl (C=O) groups excluding carboxylic acids is 3. The van der Waals surface area contributed by atoms with E-state index in [0.29, 0.717) is 43.1 Å². The molecule has 1 aromatic carbocycles. The van der Waals surface area contributed by atoms with E-state index in [1.165, 1.54) is 0 Å². The Morgan fingerprint density at radius 2 is 1.80 bits per heavy atom. The van der Waals surface area contributed by atoms with E-state index in [1.54, 1.807) is 21.9 Å². The SMILES string of the molecule is CC[C@@]12/C=C\CCCCOC(=O)[C@@H]1[C@H]1C(=O)N(CCCCCCO)C3C(=O)N(c4ccccc4Cl)CC=C[C@@]31O2. The summed E-state index contributed by atoms with van der Waals surface area (Å²) >= 11 is 6.54.